The molecule has 1 aromatic heterocycles. The largest absolute Gasteiger partial charge is 0.375 e. The molecule has 0 aliphatic carbocycles. The minimum atomic E-state index is 0.804. The zero-order valence-electron chi connectivity index (χ0n) is 12.2. The highest BCUT2D eigenvalue weighted by Gasteiger charge is 1.99. The minimum absolute atomic E-state index is 0.804. The lowest BCUT2D eigenvalue weighted by atomic mass is 10.3. The van der Waals surface area contributed by atoms with Gasteiger partial charge in [-0.25, -0.2) is 9.97 Å². The van der Waals surface area contributed by atoms with Crippen molar-refractivity contribution in [3.05, 3.63) is 54.1 Å². The fraction of sp³-hybridized carbons (Fsp3) is 0.375. The monoisotopic (exact) mass is 270 g/mol. The maximum atomic E-state index is 4.37. The van der Waals surface area contributed by atoms with E-state index in [1.54, 1.807) is 0 Å². The maximum absolute atomic E-state index is 4.37. The van der Waals surface area contributed by atoms with Crippen LogP contribution in [0.4, 0.5) is 5.69 Å². The Kier molecular flexibility index (Phi) is 5.50. The van der Waals surface area contributed by atoms with Crippen LogP contribution in [0, 0.1) is 6.92 Å². The van der Waals surface area contributed by atoms with E-state index in [-0.39, 0.29) is 0 Å². The fourth-order valence-corrected chi connectivity index (χ4v) is 2.07. The number of hydrogen-bond acceptors (Lipinski definition) is 4. The molecular weight excluding hydrogens is 248 g/mol. The van der Waals surface area contributed by atoms with Crippen LogP contribution in [0.5, 0.6) is 0 Å². The van der Waals surface area contributed by atoms with E-state index in [9.17, 15) is 0 Å². The van der Waals surface area contributed by atoms with Crippen LogP contribution in [0.3, 0.4) is 0 Å². The molecule has 20 heavy (non-hydrogen) atoms. The summed E-state index contributed by atoms with van der Waals surface area (Å²) in [7, 11) is 2.13. The van der Waals surface area contributed by atoms with E-state index in [0.717, 1.165) is 37.6 Å². The van der Waals surface area contributed by atoms with Crippen molar-refractivity contribution in [2.24, 2.45) is 0 Å². The minimum Gasteiger partial charge on any atom is -0.375 e. The summed E-state index contributed by atoms with van der Waals surface area (Å²) < 4.78 is 0. The summed E-state index contributed by atoms with van der Waals surface area (Å²) >= 11 is 0. The first-order valence-electron chi connectivity index (χ1n) is 7.01. The van der Waals surface area contributed by atoms with Crippen molar-refractivity contribution >= 4 is 5.69 Å². The zero-order valence-corrected chi connectivity index (χ0v) is 12.2. The Labute approximate surface area is 120 Å². The van der Waals surface area contributed by atoms with Gasteiger partial charge < -0.3 is 10.2 Å². The van der Waals surface area contributed by atoms with Gasteiger partial charge in [0.15, 0.2) is 0 Å². The van der Waals surface area contributed by atoms with E-state index in [1.165, 1.54) is 5.69 Å². The molecule has 4 heteroatoms. The average molecular weight is 270 g/mol. The third kappa shape index (κ3) is 4.63. The molecule has 2 aromatic rings. The van der Waals surface area contributed by atoms with Crippen LogP contribution in [0.25, 0.3) is 0 Å². The molecule has 0 spiro atoms. The van der Waals surface area contributed by atoms with E-state index < -0.39 is 0 Å². The van der Waals surface area contributed by atoms with Gasteiger partial charge in [0.1, 0.15) is 5.82 Å². The Morgan fingerprint density at radius 2 is 1.95 bits per heavy atom. The predicted octanol–water partition coefficient (Wildman–Crippen LogP) is 2.40. The summed E-state index contributed by atoms with van der Waals surface area (Å²) in [5.41, 5.74) is 2.31. The molecule has 0 saturated heterocycles. The van der Waals surface area contributed by atoms with Crippen molar-refractivity contribution in [2.75, 3.05) is 25.0 Å². The van der Waals surface area contributed by atoms with Gasteiger partial charge in [0.2, 0.25) is 0 Å². The number of aryl methyl sites for hydroxylation is 1. The van der Waals surface area contributed by atoms with Gasteiger partial charge in [0, 0.05) is 32.0 Å². The van der Waals surface area contributed by atoms with Gasteiger partial charge in [-0.1, -0.05) is 18.2 Å². The molecule has 0 radical (unpaired) electrons. The molecule has 0 amide bonds. The van der Waals surface area contributed by atoms with E-state index in [1.807, 2.05) is 25.3 Å². The summed E-state index contributed by atoms with van der Waals surface area (Å²) in [6, 6.07) is 12.4. The molecule has 0 saturated carbocycles. The van der Waals surface area contributed by atoms with Gasteiger partial charge in [-0.2, -0.15) is 0 Å². The van der Waals surface area contributed by atoms with Gasteiger partial charge in [-0.05, 0) is 38.1 Å². The standard InChI is InChI=1S/C16H22N4/c1-14-18-11-9-15(19-14)13-17-10-6-12-20(2)16-7-4-3-5-8-16/h3-5,7-9,11,17H,6,10,12-13H2,1-2H3. The third-order valence-electron chi connectivity index (χ3n) is 3.18. The average Bonchev–Trinajstić information content (AvgIpc) is 2.48. The third-order valence-corrected chi connectivity index (χ3v) is 3.18. The number of hydrogen-bond donors (Lipinski definition) is 1. The van der Waals surface area contributed by atoms with Crippen LogP contribution in [0.1, 0.15) is 17.9 Å². The van der Waals surface area contributed by atoms with Gasteiger partial charge in [-0.3, -0.25) is 0 Å². The maximum Gasteiger partial charge on any atom is 0.125 e. The molecular formula is C16H22N4. The molecule has 1 aromatic carbocycles. The quantitative estimate of drug-likeness (QED) is 0.784. The highest BCUT2D eigenvalue weighted by molar-refractivity contribution is 5.44. The second-order valence-electron chi connectivity index (χ2n) is 4.88. The van der Waals surface area contributed by atoms with Crippen LogP contribution in [0.2, 0.25) is 0 Å². The van der Waals surface area contributed by atoms with E-state index in [2.05, 4.69) is 51.5 Å². The lowest BCUT2D eigenvalue weighted by molar-refractivity contribution is 0.635. The molecule has 0 fully saturated rings. The number of nitrogens with one attached hydrogen (secondary N) is 1. The lowest BCUT2D eigenvalue weighted by Crippen LogP contribution is -2.23. The highest BCUT2D eigenvalue weighted by atomic mass is 15.1. The van der Waals surface area contributed by atoms with E-state index >= 15 is 0 Å². The van der Waals surface area contributed by atoms with Gasteiger partial charge in [0.05, 0.1) is 5.69 Å². The molecule has 2 rings (SSSR count). The molecule has 0 aliphatic heterocycles. The normalized spacial score (nSPS) is 10.5. The van der Waals surface area contributed by atoms with Gasteiger partial charge in [-0.15, -0.1) is 0 Å². The first kappa shape index (κ1) is 14.5. The zero-order chi connectivity index (χ0) is 14.2. The Hall–Kier alpha value is -1.94. The van der Waals surface area contributed by atoms with Crippen LogP contribution in [-0.2, 0) is 6.54 Å². The van der Waals surface area contributed by atoms with Crippen molar-refractivity contribution in [2.45, 2.75) is 19.9 Å². The molecule has 0 atom stereocenters. The first-order valence-corrected chi connectivity index (χ1v) is 7.01. The SMILES string of the molecule is Cc1nccc(CNCCCN(C)c2ccccc2)n1. The second kappa shape index (κ2) is 7.60. The summed E-state index contributed by atoms with van der Waals surface area (Å²) in [5, 5.41) is 3.42. The van der Waals surface area contributed by atoms with Gasteiger partial charge in [0.25, 0.3) is 0 Å². The van der Waals surface area contributed by atoms with Gasteiger partial charge >= 0.3 is 0 Å². The highest BCUT2D eigenvalue weighted by Crippen LogP contribution is 2.10. The number of para-hydroxylation sites is 1. The fourth-order valence-electron chi connectivity index (χ4n) is 2.07. The Balaban J connectivity index is 1.64. The van der Waals surface area contributed by atoms with Crippen molar-refractivity contribution in [3.8, 4) is 0 Å². The summed E-state index contributed by atoms with van der Waals surface area (Å²) in [4.78, 5) is 10.7. The van der Waals surface area contributed by atoms with Crippen molar-refractivity contribution in [1.29, 1.82) is 0 Å². The van der Waals surface area contributed by atoms with Crippen molar-refractivity contribution < 1.29 is 0 Å². The van der Waals surface area contributed by atoms with E-state index in [0.29, 0.717) is 0 Å². The van der Waals surface area contributed by atoms with Crippen LogP contribution >= 0.6 is 0 Å². The second-order valence-corrected chi connectivity index (χ2v) is 4.88. The first-order chi connectivity index (χ1) is 9.75. The molecule has 1 heterocycles. The number of benzene rings is 1. The number of anilines is 1. The topological polar surface area (TPSA) is 41.1 Å². The molecule has 0 aliphatic rings. The summed E-state index contributed by atoms with van der Waals surface area (Å²) in [5.74, 6) is 0.827. The summed E-state index contributed by atoms with van der Waals surface area (Å²) in [6.45, 7) is 4.75. The molecule has 0 bridgehead atoms. The van der Waals surface area contributed by atoms with Crippen LogP contribution < -0.4 is 10.2 Å². The summed E-state index contributed by atoms with van der Waals surface area (Å²) in [6.07, 6.45) is 2.91. The number of aromatic nitrogens is 2. The van der Waals surface area contributed by atoms with Crippen LogP contribution in [0.15, 0.2) is 42.6 Å². The number of rotatable bonds is 7. The smallest absolute Gasteiger partial charge is 0.125 e. The Morgan fingerprint density at radius 3 is 2.70 bits per heavy atom. The van der Waals surface area contributed by atoms with Crippen molar-refractivity contribution in [1.82, 2.24) is 15.3 Å². The molecule has 4 nitrogen and oxygen atoms in total. The lowest BCUT2D eigenvalue weighted by Gasteiger charge is -2.19. The Bertz CT molecular complexity index is 513. The molecule has 106 valence electrons. The molecule has 0 unspecified atom stereocenters. The Morgan fingerprint density at radius 1 is 1.15 bits per heavy atom. The molecule has 1 N–H and O–H groups in total. The number of nitrogens with zero attached hydrogens (tertiary/aromatic N) is 3. The van der Waals surface area contributed by atoms with Crippen molar-refractivity contribution in [3.63, 3.8) is 0 Å². The van der Waals surface area contributed by atoms with E-state index in [4.69, 9.17) is 0 Å². The van der Waals surface area contributed by atoms with Crippen LogP contribution in [-0.4, -0.2) is 30.1 Å². The predicted molar refractivity (Wildman–Crippen MR) is 82.8 cm³/mol.